The van der Waals surface area contributed by atoms with E-state index in [2.05, 4.69) is 20.4 Å². The third-order valence-electron chi connectivity index (χ3n) is 2.54. The van der Waals surface area contributed by atoms with Gasteiger partial charge in [-0.25, -0.2) is 4.98 Å². The fourth-order valence-electron chi connectivity index (χ4n) is 1.68. The molecule has 1 unspecified atom stereocenters. The summed E-state index contributed by atoms with van der Waals surface area (Å²) in [7, 11) is 1.79. The number of H-pyrrole nitrogens is 1. The number of nitrogens with one attached hydrogen (secondary N) is 2. The Bertz CT molecular complexity index is 514. The fraction of sp³-hybridized carbons (Fsp3) is 0.364. The van der Waals surface area contributed by atoms with Gasteiger partial charge in [0.2, 0.25) is 0 Å². The Hall–Kier alpha value is -2.11. The average Bonchev–Trinajstić information content (AvgIpc) is 2.87. The van der Waals surface area contributed by atoms with Gasteiger partial charge >= 0.3 is 0 Å². The third-order valence-corrected chi connectivity index (χ3v) is 2.54. The minimum atomic E-state index is -0.155. The first-order chi connectivity index (χ1) is 8.08. The number of aromatic amines is 1. The molecule has 0 radical (unpaired) electrons. The third kappa shape index (κ3) is 2.35. The summed E-state index contributed by atoms with van der Waals surface area (Å²) in [4.78, 5) is 19.0. The average molecular weight is 233 g/mol. The minimum Gasteiger partial charge on any atom is -0.347 e. The van der Waals surface area contributed by atoms with E-state index in [0.29, 0.717) is 5.56 Å². The van der Waals surface area contributed by atoms with Gasteiger partial charge < -0.3 is 10.3 Å². The van der Waals surface area contributed by atoms with Crippen LogP contribution in [-0.2, 0) is 7.05 Å². The Balaban J connectivity index is 2.09. The van der Waals surface area contributed by atoms with Crippen LogP contribution in [0.5, 0.6) is 0 Å². The van der Waals surface area contributed by atoms with E-state index in [1.807, 2.05) is 13.8 Å². The highest BCUT2D eigenvalue weighted by Crippen LogP contribution is 2.09. The molecule has 17 heavy (non-hydrogen) atoms. The molecule has 0 aromatic carbocycles. The molecule has 0 aliphatic carbocycles. The molecule has 90 valence electrons. The molecule has 2 aromatic heterocycles. The Labute approximate surface area is 99.1 Å². The van der Waals surface area contributed by atoms with Gasteiger partial charge in [-0.15, -0.1) is 0 Å². The number of hydrogen-bond acceptors (Lipinski definition) is 3. The first-order valence-electron chi connectivity index (χ1n) is 5.38. The Morgan fingerprint density at radius 2 is 2.35 bits per heavy atom. The van der Waals surface area contributed by atoms with Gasteiger partial charge in [0.05, 0.1) is 17.3 Å². The highest BCUT2D eigenvalue weighted by molar-refractivity contribution is 5.95. The quantitative estimate of drug-likeness (QED) is 0.828. The SMILES string of the molecule is Cc1nn(C)cc1C(=O)NC(C)c1ncc[nH]1. The van der Waals surface area contributed by atoms with Crippen LogP contribution in [0.1, 0.15) is 34.8 Å². The molecule has 2 heterocycles. The van der Waals surface area contributed by atoms with Crippen molar-refractivity contribution >= 4 is 5.91 Å². The molecule has 1 atom stereocenters. The van der Waals surface area contributed by atoms with Gasteiger partial charge in [0.1, 0.15) is 5.82 Å². The molecular weight excluding hydrogens is 218 g/mol. The summed E-state index contributed by atoms with van der Waals surface area (Å²) >= 11 is 0. The molecular formula is C11H15N5O. The standard InChI is InChI=1S/C11H15N5O/c1-7-9(6-16(3)15-7)11(17)14-8(2)10-12-4-5-13-10/h4-6,8H,1-3H3,(H,12,13)(H,14,17). The van der Waals surface area contributed by atoms with Crippen LogP contribution in [0.3, 0.4) is 0 Å². The lowest BCUT2D eigenvalue weighted by atomic mass is 10.2. The summed E-state index contributed by atoms with van der Waals surface area (Å²) in [6, 6.07) is -0.155. The Morgan fingerprint density at radius 1 is 1.59 bits per heavy atom. The molecule has 2 aromatic rings. The van der Waals surface area contributed by atoms with Gasteiger partial charge in [-0.3, -0.25) is 9.48 Å². The largest absolute Gasteiger partial charge is 0.347 e. The molecule has 2 N–H and O–H groups in total. The zero-order valence-corrected chi connectivity index (χ0v) is 10.1. The number of aryl methyl sites for hydroxylation is 2. The lowest BCUT2D eigenvalue weighted by molar-refractivity contribution is 0.0937. The second-order valence-electron chi connectivity index (χ2n) is 3.97. The van der Waals surface area contributed by atoms with Crippen molar-refractivity contribution in [3.05, 3.63) is 35.7 Å². The maximum Gasteiger partial charge on any atom is 0.255 e. The monoisotopic (exact) mass is 233 g/mol. The smallest absolute Gasteiger partial charge is 0.255 e. The number of carbonyl (C=O) groups excluding carboxylic acids is 1. The second kappa shape index (κ2) is 4.40. The molecule has 0 aliphatic rings. The van der Waals surface area contributed by atoms with E-state index >= 15 is 0 Å². The first kappa shape index (κ1) is 11.4. The van der Waals surface area contributed by atoms with Gasteiger partial charge in [-0.05, 0) is 13.8 Å². The molecule has 0 saturated carbocycles. The summed E-state index contributed by atoms with van der Waals surface area (Å²) in [6.07, 6.45) is 5.10. The normalized spacial score (nSPS) is 12.4. The first-order valence-corrected chi connectivity index (χ1v) is 5.38. The number of nitrogens with zero attached hydrogens (tertiary/aromatic N) is 3. The number of hydrogen-bond donors (Lipinski definition) is 2. The van der Waals surface area contributed by atoms with E-state index < -0.39 is 0 Å². The van der Waals surface area contributed by atoms with Crippen LogP contribution in [0, 0.1) is 6.92 Å². The van der Waals surface area contributed by atoms with Crippen LogP contribution < -0.4 is 5.32 Å². The zero-order chi connectivity index (χ0) is 12.4. The lowest BCUT2D eigenvalue weighted by Gasteiger charge is -2.10. The highest BCUT2D eigenvalue weighted by atomic mass is 16.1. The molecule has 0 aliphatic heterocycles. The lowest BCUT2D eigenvalue weighted by Crippen LogP contribution is -2.27. The van der Waals surface area contributed by atoms with E-state index in [0.717, 1.165) is 11.5 Å². The molecule has 0 spiro atoms. The van der Waals surface area contributed by atoms with Crippen molar-refractivity contribution in [1.82, 2.24) is 25.1 Å². The summed E-state index contributed by atoms with van der Waals surface area (Å²) in [5.41, 5.74) is 1.31. The zero-order valence-electron chi connectivity index (χ0n) is 10.1. The second-order valence-corrected chi connectivity index (χ2v) is 3.97. The maximum atomic E-state index is 12.0. The maximum absolute atomic E-state index is 12.0. The summed E-state index contributed by atoms with van der Waals surface area (Å²) in [6.45, 7) is 3.69. The van der Waals surface area contributed by atoms with Crippen molar-refractivity contribution in [1.29, 1.82) is 0 Å². The molecule has 1 amide bonds. The molecule has 2 rings (SSSR count). The van der Waals surface area contributed by atoms with Crippen molar-refractivity contribution in [3.8, 4) is 0 Å². The topological polar surface area (TPSA) is 75.6 Å². The molecule has 0 fully saturated rings. The number of rotatable bonds is 3. The van der Waals surface area contributed by atoms with Gasteiger partial charge in [0, 0.05) is 25.6 Å². The van der Waals surface area contributed by atoms with Crippen molar-refractivity contribution in [2.75, 3.05) is 0 Å². The van der Waals surface area contributed by atoms with E-state index in [-0.39, 0.29) is 11.9 Å². The van der Waals surface area contributed by atoms with Crippen molar-refractivity contribution in [2.45, 2.75) is 19.9 Å². The van der Waals surface area contributed by atoms with Crippen LogP contribution in [-0.4, -0.2) is 25.7 Å². The van der Waals surface area contributed by atoms with E-state index in [1.165, 1.54) is 0 Å². The summed E-state index contributed by atoms with van der Waals surface area (Å²) in [5, 5.41) is 7.00. The highest BCUT2D eigenvalue weighted by Gasteiger charge is 2.16. The number of carbonyl (C=O) groups is 1. The number of amides is 1. The number of imidazole rings is 1. The molecule has 6 nitrogen and oxygen atoms in total. The van der Waals surface area contributed by atoms with E-state index in [1.54, 1.807) is 30.3 Å². The molecule has 6 heteroatoms. The number of aromatic nitrogens is 4. The van der Waals surface area contributed by atoms with Gasteiger partial charge in [0.25, 0.3) is 5.91 Å². The van der Waals surface area contributed by atoms with Crippen LogP contribution in [0.15, 0.2) is 18.6 Å². The van der Waals surface area contributed by atoms with E-state index in [9.17, 15) is 4.79 Å². The predicted octanol–water partition coefficient (Wildman–Crippen LogP) is 0.943. The predicted molar refractivity (Wildman–Crippen MR) is 62.4 cm³/mol. The summed E-state index contributed by atoms with van der Waals surface area (Å²) in [5.74, 6) is 0.597. The molecule has 0 bridgehead atoms. The van der Waals surface area contributed by atoms with Crippen molar-refractivity contribution in [2.24, 2.45) is 7.05 Å². The van der Waals surface area contributed by atoms with Crippen LogP contribution in [0.4, 0.5) is 0 Å². The van der Waals surface area contributed by atoms with E-state index in [4.69, 9.17) is 0 Å². The Morgan fingerprint density at radius 3 is 2.88 bits per heavy atom. The van der Waals surface area contributed by atoms with Gasteiger partial charge in [-0.2, -0.15) is 5.10 Å². The van der Waals surface area contributed by atoms with Crippen LogP contribution >= 0.6 is 0 Å². The van der Waals surface area contributed by atoms with Gasteiger partial charge in [0.15, 0.2) is 0 Å². The van der Waals surface area contributed by atoms with Crippen molar-refractivity contribution in [3.63, 3.8) is 0 Å². The Kier molecular flexibility index (Phi) is 2.95. The van der Waals surface area contributed by atoms with Crippen molar-refractivity contribution < 1.29 is 4.79 Å². The fourth-order valence-corrected chi connectivity index (χ4v) is 1.68. The minimum absolute atomic E-state index is 0.139. The van der Waals surface area contributed by atoms with Crippen LogP contribution in [0.2, 0.25) is 0 Å². The summed E-state index contributed by atoms with van der Waals surface area (Å²) < 4.78 is 1.63. The van der Waals surface area contributed by atoms with Gasteiger partial charge in [-0.1, -0.05) is 0 Å². The van der Waals surface area contributed by atoms with Crippen LogP contribution in [0.25, 0.3) is 0 Å². The molecule has 0 saturated heterocycles.